The molecule has 0 fully saturated rings. The monoisotopic (exact) mass is 237 g/mol. The van der Waals surface area contributed by atoms with Gasteiger partial charge in [-0.15, -0.1) is 0 Å². The number of ether oxygens (including phenoxy) is 1. The zero-order valence-electron chi connectivity index (χ0n) is 10.3. The van der Waals surface area contributed by atoms with Gasteiger partial charge in [-0.2, -0.15) is 0 Å². The van der Waals surface area contributed by atoms with Gasteiger partial charge in [0.2, 0.25) is 11.8 Å². The number of carbonyl (C=O) groups excluding carboxylic acids is 1. The molecule has 5 nitrogen and oxygen atoms in total. The maximum atomic E-state index is 11.6. The largest absolute Gasteiger partial charge is 0.480 e. The number of methoxy groups -OCH3 is 1. The van der Waals surface area contributed by atoms with Crippen molar-refractivity contribution in [2.75, 3.05) is 12.4 Å². The second kappa shape index (κ2) is 6.85. The smallest absolute Gasteiger partial charge is 0.237 e. The molecule has 1 aromatic rings. The van der Waals surface area contributed by atoms with Crippen molar-refractivity contribution in [3.63, 3.8) is 0 Å². The van der Waals surface area contributed by atoms with Crippen LogP contribution in [-0.2, 0) is 4.79 Å². The summed E-state index contributed by atoms with van der Waals surface area (Å²) in [5.74, 6) is 0.380. The molecular weight excluding hydrogens is 218 g/mol. The quantitative estimate of drug-likeness (QED) is 0.787. The number of anilines is 1. The van der Waals surface area contributed by atoms with Gasteiger partial charge in [-0.25, -0.2) is 4.98 Å². The van der Waals surface area contributed by atoms with E-state index in [1.54, 1.807) is 18.3 Å². The van der Waals surface area contributed by atoms with Crippen LogP contribution in [0.2, 0.25) is 0 Å². The van der Waals surface area contributed by atoms with Crippen molar-refractivity contribution >= 4 is 11.6 Å². The van der Waals surface area contributed by atoms with E-state index in [1.165, 1.54) is 7.11 Å². The summed E-state index contributed by atoms with van der Waals surface area (Å²) in [6, 6.07) is 3.64. The minimum atomic E-state index is -0.0445. The fourth-order valence-electron chi connectivity index (χ4n) is 1.45. The van der Waals surface area contributed by atoms with Crippen LogP contribution < -0.4 is 15.8 Å². The van der Waals surface area contributed by atoms with Gasteiger partial charge in [-0.1, -0.05) is 0 Å². The lowest BCUT2D eigenvalue weighted by Gasteiger charge is -2.09. The van der Waals surface area contributed by atoms with Crippen LogP contribution >= 0.6 is 0 Å². The van der Waals surface area contributed by atoms with Crippen LogP contribution in [0.4, 0.5) is 5.69 Å². The zero-order chi connectivity index (χ0) is 12.7. The number of nitrogens with zero attached hydrogens (tertiary/aromatic N) is 1. The van der Waals surface area contributed by atoms with Crippen molar-refractivity contribution in [2.24, 2.45) is 5.73 Å². The van der Waals surface area contributed by atoms with E-state index >= 15 is 0 Å². The molecule has 0 saturated heterocycles. The van der Waals surface area contributed by atoms with Gasteiger partial charge in [0.15, 0.2) is 0 Å². The van der Waals surface area contributed by atoms with E-state index < -0.39 is 0 Å². The molecule has 0 aliphatic rings. The first-order chi connectivity index (χ1) is 8.13. The first kappa shape index (κ1) is 13.4. The molecule has 1 rings (SSSR count). The molecule has 1 amide bonds. The molecule has 94 valence electrons. The van der Waals surface area contributed by atoms with Crippen molar-refractivity contribution in [2.45, 2.75) is 32.2 Å². The van der Waals surface area contributed by atoms with Crippen molar-refractivity contribution in [1.29, 1.82) is 0 Å². The van der Waals surface area contributed by atoms with Crippen molar-refractivity contribution in [3.05, 3.63) is 18.3 Å². The fraction of sp³-hybridized carbons (Fsp3) is 0.500. The third-order valence-electron chi connectivity index (χ3n) is 2.30. The van der Waals surface area contributed by atoms with Crippen molar-refractivity contribution in [3.8, 4) is 5.88 Å². The molecule has 17 heavy (non-hydrogen) atoms. The predicted molar refractivity (Wildman–Crippen MR) is 66.9 cm³/mol. The highest BCUT2D eigenvalue weighted by Gasteiger charge is 2.07. The Hall–Kier alpha value is -1.62. The molecule has 0 aliphatic carbocycles. The minimum Gasteiger partial charge on any atom is -0.480 e. The topological polar surface area (TPSA) is 77.2 Å². The molecule has 1 heterocycles. The van der Waals surface area contributed by atoms with Crippen molar-refractivity contribution in [1.82, 2.24) is 4.98 Å². The SMILES string of the molecule is COc1ncccc1NC(=O)CCCC(C)N. The van der Waals surface area contributed by atoms with Gasteiger partial charge < -0.3 is 15.8 Å². The van der Waals surface area contributed by atoms with Gasteiger partial charge in [0, 0.05) is 18.7 Å². The number of nitrogens with one attached hydrogen (secondary N) is 1. The summed E-state index contributed by atoms with van der Waals surface area (Å²) in [5.41, 5.74) is 6.21. The van der Waals surface area contributed by atoms with E-state index in [4.69, 9.17) is 10.5 Å². The van der Waals surface area contributed by atoms with E-state index in [9.17, 15) is 4.79 Å². The van der Waals surface area contributed by atoms with Gasteiger partial charge in [-0.05, 0) is 31.9 Å². The number of amides is 1. The fourth-order valence-corrected chi connectivity index (χ4v) is 1.45. The molecule has 0 bridgehead atoms. The van der Waals surface area contributed by atoms with Gasteiger partial charge in [0.25, 0.3) is 0 Å². The Balaban J connectivity index is 2.45. The Kier molecular flexibility index (Phi) is 5.42. The van der Waals surface area contributed by atoms with Crippen LogP contribution in [0.25, 0.3) is 0 Å². The molecule has 1 unspecified atom stereocenters. The molecular formula is C12H19N3O2. The number of hydrogen-bond acceptors (Lipinski definition) is 4. The Morgan fingerprint density at radius 1 is 1.65 bits per heavy atom. The minimum absolute atomic E-state index is 0.0445. The summed E-state index contributed by atoms with van der Waals surface area (Å²) in [4.78, 5) is 15.6. The molecule has 0 aromatic carbocycles. The number of pyridine rings is 1. The number of aromatic nitrogens is 1. The summed E-state index contributed by atoms with van der Waals surface area (Å²) < 4.78 is 5.04. The van der Waals surface area contributed by atoms with Crippen molar-refractivity contribution < 1.29 is 9.53 Å². The third kappa shape index (κ3) is 4.82. The van der Waals surface area contributed by atoms with Crippen LogP contribution in [0.5, 0.6) is 5.88 Å². The Morgan fingerprint density at radius 3 is 3.06 bits per heavy atom. The first-order valence-corrected chi connectivity index (χ1v) is 5.68. The Bertz CT molecular complexity index is 367. The van der Waals surface area contributed by atoms with Crippen LogP contribution in [0, 0.1) is 0 Å². The Labute approximate surface area is 101 Å². The molecule has 0 saturated carbocycles. The van der Waals surface area contributed by atoms with E-state index in [-0.39, 0.29) is 11.9 Å². The van der Waals surface area contributed by atoms with Gasteiger partial charge in [0.05, 0.1) is 7.11 Å². The van der Waals surface area contributed by atoms with Crippen LogP contribution in [0.1, 0.15) is 26.2 Å². The number of carbonyl (C=O) groups is 1. The highest BCUT2D eigenvalue weighted by atomic mass is 16.5. The second-order valence-corrected chi connectivity index (χ2v) is 3.98. The average molecular weight is 237 g/mol. The molecule has 5 heteroatoms. The van der Waals surface area contributed by atoms with Crippen LogP contribution in [0.3, 0.4) is 0 Å². The summed E-state index contributed by atoms with van der Waals surface area (Å²) in [6.45, 7) is 1.93. The number of hydrogen-bond donors (Lipinski definition) is 2. The molecule has 1 atom stereocenters. The maximum Gasteiger partial charge on any atom is 0.237 e. The Morgan fingerprint density at radius 2 is 2.41 bits per heavy atom. The van der Waals surface area contributed by atoms with Gasteiger partial charge in [0.1, 0.15) is 5.69 Å². The second-order valence-electron chi connectivity index (χ2n) is 3.98. The zero-order valence-corrected chi connectivity index (χ0v) is 10.3. The lowest BCUT2D eigenvalue weighted by molar-refractivity contribution is -0.116. The summed E-state index contributed by atoms with van der Waals surface area (Å²) in [6.07, 6.45) is 3.70. The van der Waals surface area contributed by atoms with E-state index in [0.29, 0.717) is 18.0 Å². The predicted octanol–water partition coefficient (Wildman–Crippen LogP) is 1.55. The molecule has 1 aromatic heterocycles. The normalized spacial score (nSPS) is 11.9. The van der Waals surface area contributed by atoms with E-state index in [0.717, 1.165) is 12.8 Å². The van der Waals surface area contributed by atoms with Crippen LogP contribution in [-0.4, -0.2) is 24.0 Å². The highest BCUT2D eigenvalue weighted by molar-refractivity contribution is 5.91. The maximum absolute atomic E-state index is 11.6. The average Bonchev–Trinajstić information content (AvgIpc) is 2.29. The molecule has 0 aliphatic heterocycles. The standard InChI is InChI=1S/C12H19N3O2/c1-9(13)5-3-7-11(16)15-10-6-4-8-14-12(10)17-2/h4,6,8-9H,3,5,7,13H2,1-2H3,(H,15,16). The lowest BCUT2D eigenvalue weighted by Crippen LogP contribution is -2.17. The van der Waals surface area contributed by atoms with E-state index in [1.807, 2.05) is 6.92 Å². The van der Waals surface area contributed by atoms with E-state index in [2.05, 4.69) is 10.3 Å². The number of nitrogens with two attached hydrogens (primary N) is 1. The summed E-state index contributed by atoms with van der Waals surface area (Å²) in [5, 5.41) is 2.77. The lowest BCUT2D eigenvalue weighted by atomic mass is 10.1. The van der Waals surface area contributed by atoms with Gasteiger partial charge in [-0.3, -0.25) is 4.79 Å². The van der Waals surface area contributed by atoms with Crippen LogP contribution in [0.15, 0.2) is 18.3 Å². The summed E-state index contributed by atoms with van der Waals surface area (Å²) >= 11 is 0. The molecule has 3 N–H and O–H groups in total. The first-order valence-electron chi connectivity index (χ1n) is 5.68. The summed E-state index contributed by atoms with van der Waals surface area (Å²) in [7, 11) is 1.52. The molecule has 0 spiro atoms. The third-order valence-corrected chi connectivity index (χ3v) is 2.30. The number of rotatable bonds is 6. The van der Waals surface area contributed by atoms with Gasteiger partial charge >= 0.3 is 0 Å². The highest BCUT2D eigenvalue weighted by Crippen LogP contribution is 2.20. The molecule has 0 radical (unpaired) electrons.